The summed E-state index contributed by atoms with van der Waals surface area (Å²) in [5.74, 6) is -5.51. The first-order chi connectivity index (χ1) is 17.7. The number of aromatic nitrogens is 3. The molecule has 0 saturated carbocycles. The van der Waals surface area contributed by atoms with Gasteiger partial charge >= 0.3 is 24.3 Å². The van der Waals surface area contributed by atoms with Crippen molar-refractivity contribution in [2.24, 2.45) is 5.41 Å². The minimum atomic E-state index is -5.08. The predicted molar refractivity (Wildman–Crippen MR) is 122 cm³/mol. The molecule has 2 N–H and O–H groups in total. The molecule has 2 aliphatic heterocycles. The lowest BCUT2D eigenvalue weighted by Gasteiger charge is -2.43. The molecule has 0 bridgehead atoms. The van der Waals surface area contributed by atoms with E-state index in [2.05, 4.69) is 31.0 Å². The highest BCUT2D eigenvalue weighted by atomic mass is 32.1. The smallest absolute Gasteiger partial charge is 0.475 e. The number of nitrogens with zero attached hydrogens (tertiary/aromatic N) is 5. The summed E-state index contributed by atoms with van der Waals surface area (Å²) < 4.78 is 69.5. The fraction of sp³-hybridized carbons (Fsp3) is 0.571. The number of rotatable bonds is 3. The molecule has 2 aromatic heterocycles. The Hall–Kier alpha value is -3.05. The molecule has 1 unspecified atom stereocenters. The summed E-state index contributed by atoms with van der Waals surface area (Å²) in [7, 11) is 0. The average molecular weight is 574 g/mol. The maximum absolute atomic E-state index is 10.6. The van der Waals surface area contributed by atoms with Crippen molar-refractivity contribution in [3.05, 3.63) is 35.6 Å². The number of alkyl halides is 6. The van der Waals surface area contributed by atoms with Crippen LogP contribution in [0.3, 0.4) is 0 Å². The second kappa shape index (κ2) is 13.7. The normalized spacial score (nSPS) is 20.4. The van der Waals surface area contributed by atoms with E-state index in [1.54, 1.807) is 11.3 Å². The summed E-state index contributed by atoms with van der Waals surface area (Å²) in [5.41, 5.74) is 3.27. The standard InChI is InChI=1S/C17H23N5OS.2C2HF3O2/c1-3-15(9-18-5-1)10-21-6-2-4-17(11-21)12-22(7-8-23-13-17)16-20-19-14-24-16;2*3-2(4,5)1(6)7/h1,3,5,9,14H,2,4,6-8,10-13H2;2*(H,6,7). The number of pyridine rings is 1. The van der Waals surface area contributed by atoms with Crippen LogP contribution in [-0.4, -0.2) is 94.0 Å². The number of likely N-dealkylation sites (tertiary alicyclic amines) is 1. The number of carboxylic acids is 2. The zero-order valence-corrected chi connectivity index (χ0v) is 20.6. The van der Waals surface area contributed by atoms with E-state index >= 15 is 0 Å². The van der Waals surface area contributed by atoms with Gasteiger partial charge in [0, 0.05) is 44.0 Å². The number of piperidine rings is 1. The van der Waals surface area contributed by atoms with E-state index < -0.39 is 24.3 Å². The van der Waals surface area contributed by atoms with Crippen LogP contribution < -0.4 is 4.90 Å². The Morgan fingerprint density at radius 1 is 1.08 bits per heavy atom. The van der Waals surface area contributed by atoms with Gasteiger partial charge in [0.05, 0.1) is 13.2 Å². The Morgan fingerprint density at radius 3 is 2.26 bits per heavy atom. The molecule has 2 aliphatic rings. The Kier molecular flexibility index (Phi) is 11.2. The van der Waals surface area contributed by atoms with Gasteiger partial charge in [0.15, 0.2) is 0 Å². The highest BCUT2D eigenvalue weighted by Crippen LogP contribution is 2.35. The molecule has 38 heavy (non-hydrogen) atoms. The van der Waals surface area contributed by atoms with Crippen LogP contribution >= 0.6 is 11.3 Å². The molecule has 0 amide bonds. The van der Waals surface area contributed by atoms with Gasteiger partial charge in [-0.2, -0.15) is 26.3 Å². The summed E-state index contributed by atoms with van der Waals surface area (Å²) >= 11 is 1.62. The van der Waals surface area contributed by atoms with Crippen LogP contribution in [-0.2, 0) is 20.9 Å². The second-order valence-corrected chi connectivity index (χ2v) is 9.29. The first kappa shape index (κ1) is 31.2. The lowest BCUT2D eigenvalue weighted by molar-refractivity contribution is -0.193. The first-order valence-electron chi connectivity index (χ1n) is 11.0. The molecule has 1 spiro atoms. The van der Waals surface area contributed by atoms with Crippen molar-refractivity contribution in [1.29, 1.82) is 0 Å². The lowest BCUT2D eigenvalue weighted by atomic mass is 9.80. The van der Waals surface area contributed by atoms with E-state index in [-0.39, 0.29) is 5.41 Å². The Balaban J connectivity index is 0.000000301. The van der Waals surface area contributed by atoms with Crippen molar-refractivity contribution in [1.82, 2.24) is 20.1 Å². The van der Waals surface area contributed by atoms with Gasteiger partial charge in [-0.15, -0.1) is 10.2 Å². The molecule has 10 nitrogen and oxygen atoms in total. The molecule has 2 saturated heterocycles. The third-order valence-electron chi connectivity index (χ3n) is 5.41. The molecule has 212 valence electrons. The molecule has 0 aliphatic carbocycles. The molecular formula is C21H25F6N5O5S. The van der Waals surface area contributed by atoms with Crippen LogP contribution in [0.1, 0.15) is 18.4 Å². The van der Waals surface area contributed by atoms with E-state index in [4.69, 9.17) is 24.5 Å². The summed E-state index contributed by atoms with van der Waals surface area (Å²) in [6.45, 7) is 6.70. The van der Waals surface area contributed by atoms with Crippen molar-refractivity contribution < 1.29 is 50.9 Å². The number of carboxylic acid groups (broad SMARTS) is 2. The zero-order chi connectivity index (χ0) is 28.4. The minimum absolute atomic E-state index is 0.183. The van der Waals surface area contributed by atoms with Gasteiger partial charge in [-0.1, -0.05) is 17.4 Å². The lowest BCUT2D eigenvalue weighted by Crippen LogP contribution is -2.50. The number of hydrogen-bond acceptors (Lipinski definition) is 9. The highest BCUT2D eigenvalue weighted by Gasteiger charge is 2.40. The second-order valence-electron chi connectivity index (χ2n) is 8.48. The molecular weight excluding hydrogens is 548 g/mol. The molecule has 17 heteroatoms. The Bertz CT molecular complexity index is 988. The summed E-state index contributed by atoms with van der Waals surface area (Å²) in [6.07, 6.45) is -3.93. The van der Waals surface area contributed by atoms with Gasteiger partial charge in [-0.25, -0.2) is 9.59 Å². The zero-order valence-electron chi connectivity index (χ0n) is 19.8. The number of carbonyl (C=O) groups is 2. The monoisotopic (exact) mass is 573 g/mol. The molecule has 0 aromatic carbocycles. The Morgan fingerprint density at radius 2 is 1.74 bits per heavy atom. The minimum Gasteiger partial charge on any atom is -0.475 e. The fourth-order valence-corrected chi connectivity index (χ4v) is 4.49. The van der Waals surface area contributed by atoms with Crippen molar-refractivity contribution >= 4 is 28.4 Å². The topological polar surface area (TPSA) is 129 Å². The largest absolute Gasteiger partial charge is 0.490 e. The fourth-order valence-electron chi connectivity index (χ4n) is 3.90. The van der Waals surface area contributed by atoms with E-state index in [1.165, 1.54) is 18.4 Å². The van der Waals surface area contributed by atoms with Crippen molar-refractivity contribution in [2.45, 2.75) is 31.7 Å². The number of hydrogen-bond donors (Lipinski definition) is 2. The van der Waals surface area contributed by atoms with E-state index in [0.717, 1.165) is 51.1 Å². The van der Waals surface area contributed by atoms with Crippen LogP contribution in [0, 0.1) is 5.41 Å². The maximum Gasteiger partial charge on any atom is 0.490 e. The summed E-state index contributed by atoms with van der Waals surface area (Å²) in [6, 6.07) is 4.17. The van der Waals surface area contributed by atoms with Gasteiger partial charge in [0.25, 0.3) is 0 Å². The van der Waals surface area contributed by atoms with E-state index in [0.29, 0.717) is 0 Å². The van der Waals surface area contributed by atoms with Gasteiger partial charge < -0.3 is 19.8 Å². The van der Waals surface area contributed by atoms with Crippen molar-refractivity contribution in [2.75, 3.05) is 44.3 Å². The number of aliphatic carboxylic acids is 2. The number of ether oxygens (including phenoxy) is 1. The SMILES string of the molecule is O=C(O)C(F)(F)F.O=C(O)C(F)(F)F.c1cncc(CN2CCCC3(COCCN(c4nncs4)C3)C2)c1. The van der Waals surface area contributed by atoms with E-state index in [9.17, 15) is 26.3 Å². The van der Waals surface area contributed by atoms with Crippen LogP contribution in [0.25, 0.3) is 0 Å². The third-order valence-corrected chi connectivity index (χ3v) is 6.16. The highest BCUT2D eigenvalue weighted by molar-refractivity contribution is 7.13. The van der Waals surface area contributed by atoms with Crippen LogP contribution in [0.4, 0.5) is 31.5 Å². The molecule has 2 fully saturated rings. The molecule has 1 atom stereocenters. The molecule has 4 heterocycles. The third kappa shape index (κ3) is 10.4. The van der Waals surface area contributed by atoms with E-state index in [1.807, 2.05) is 24.0 Å². The van der Waals surface area contributed by atoms with Gasteiger partial charge in [0.1, 0.15) is 5.51 Å². The average Bonchev–Trinajstić information content (AvgIpc) is 3.29. The summed E-state index contributed by atoms with van der Waals surface area (Å²) in [5, 5.41) is 23.5. The number of anilines is 1. The summed E-state index contributed by atoms with van der Waals surface area (Å²) in [4.78, 5) is 26.9. The quantitative estimate of drug-likeness (QED) is 0.528. The predicted octanol–water partition coefficient (Wildman–Crippen LogP) is 3.32. The molecule has 2 aromatic rings. The van der Waals surface area contributed by atoms with Crippen molar-refractivity contribution in [3.8, 4) is 0 Å². The number of halogens is 6. The van der Waals surface area contributed by atoms with Crippen LogP contribution in [0.2, 0.25) is 0 Å². The van der Waals surface area contributed by atoms with Crippen LogP contribution in [0.5, 0.6) is 0 Å². The molecule has 4 rings (SSSR count). The van der Waals surface area contributed by atoms with Gasteiger partial charge in [0.2, 0.25) is 5.13 Å². The van der Waals surface area contributed by atoms with Gasteiger partial charge in [-0.05, 0) is 31.0 Å². The Labute approximate surface area is 216 Å². The van der Waals surface area contributed by atoms with Crippen molar-refractivity contribution in [3.63, 3.8) is 0 Å². The first-order valence-corrected chi connectivity index (χ1v) is 11.9. The van der Waals surface area contributed by atoms with Gasteiger partial charge in [-0.3, -0.25) is 9.88 Å². The van der Waals surface area contributed by atoms with Crippen LogP contribution in [0.15, 0.2) is 30.0 Å². The molecule has 0 radical (unpaired) electrons. The maximum atomic E-state index is 10.6.